The summed E-state index contributed by atoms with van der Waals surface area (Å²) >= 11 is 21.2. The molecule has 18 heavy (non-hydrogen) atoms. The molecule has 0 saturated carbocycles. The highest BCUT2D eigenvalue weighted by Crippen LogP contribution is 2.54. The van der Waals surface area contributed by atoms with Gasteiger partial charge in [0.1, 0.15) is 0 Å². The van der Waals surface area contributed by atoms with Crippen molar-refractivity contribution in [3.8, 4) is 0 Å². The van der Waals surface area contributed by atoms with Gasteiger partial charge in [-0.3, -0.25) is 4.74 Å². The minimum absolute atomic E-state index is 2.55. The lowest BCUT2D eigenvalue weighted by atomic mass is 10.3. The topological polar surface area (TPSA) is 9.23 Å². The SMILES string of the molecule is FC(Cl)(Cl)C(F)(Cl)OC(F)(F)C(F)(F)C(F)(Cl)Cl. The van der Waals surface area contributed by atoms with Crippen LogP contribution in [0.4, 0.5) is 30.7 Å². The highest BCUT2D eigenvalue weighted by Gasteiger charge is 2.74. The standard InChI is InChI=1S/C5Cl5F7O/c6-2(7,13)1(11,12)5(16,17)18-4(10,15)3(8,9)14. The van der Waals surface area contributed by atoms with Crippen LogP contribution in [0, 0.1) is 0 Å². The molecule has 0 fully saturated rings. The lowest BCUT2D eigenvalue weighted by Gasteiger charge is -2.34. The Morgan fingerprint density at radius 3 is 1.17 bits per heavy atom. The Labute approximate surface area is 120 Å². The van der Waals surface area contributed by atoms with Crippen LogP contribution in [-0.2, 0) is 4.74 Å². The van der Waals surface area contributed by atoms with Crippen LogP contribution in [0.3, 0.4) is 0 Å². The number of ether oxygens (including phenoxy) is 1. The number of hydrogen-bond donors (Lipinski definition) is 0. The average molecular weight is 386 g/mol. The minimum atomic E-state index is -6.07. The number of hydrogen-bond acceptors (Lipinski definition) is 1. The Bertz CT molecular complexity index is 308. The van der Waals surface area contributed by atoms with Crippen molar-refractivity contribution >= 4 is 58.0 Å². The van der Waals surface area contributed by atoms with E-state index in [1.807, 2.05) is 0 Å². The molecule has 0 radical (unpaired) electrons. The highest BCUT2D eigenvalue weighted by atomic mass is 35.5. The molecular weight excluding hydrogens is 386 g/mol. The van der Waals surface area contributed by atoms with Crippen LogP contribution >= 0.6 is 58.0 Å². The van der Waals surface area contributed by atoms with Gasteiger partial charge in [0.25, 0.3) is 0 Å². The summed E-state index contributed by atoms with van der Waals surface area (Å²) in [7, 11) is 0. The van der Waals surface area contributed by atoms with Gasteiger partial charge in [-0.2, -0.15) is 26.3 Å². The maximum absolute atomic E-state index is 12.9. The third kappa shape index (κ3) is 3.73. The van der Waals surface area contributed by atoms with Crippen molar-refractivity contribution in [3.05, 3.63) is 0 Å². The van der Waals surface area contributed by atoms with E-state index < -0.39 is 26.5 Å². The summed E-state index contributed by atoms with van der Waals surface area (Å²) in [5, 5.41) is -4.83. The summed E-state index contributed by atoms with van der Waals surface area (Å²) in [6, 6.07) is 0. The molecule has 13 heteroatoms. The van der Waals surface area contributed by atoms with Crippen LogP contribution in [0.5, 0.6) is 0 Å². The van der Waals surface area contributed by atoms with Crippen molar-refractivity contribution in [2.24, 2.45) is 0 Å². The van der Waals surface area contributed by atoms with Gasteiger partial charge in [0.05, 0.1) is 0 Å². The maximum atomic E-state index is 12.9. The van der Waals surface area contributed by atoms with Crippen LogP contribution in [0.2, 0.25) is 0 Å². The monoisotopic (exact) mass is 384 g/mol. The smallest absolute Gasteiger partial charge is 0.259 e. The molecule has 0 aromatic carbocycles. The first-order valence-electron chi connectivity index (χ1n) is 3.43. The van der Waals surface area contributed by atoms with E-state index in [-0.39, 0.29) is 0 Å². The molecule has 1 atom stereocenters. The number of halogens is 12. The zero-order valence-electron chi connectivity index (χ0n) is 7.44. The molecule has 0 N–H and O–H groups in total. The summed E-state index contributed by atoms with van der Waals surface area (Å²) < 4.78 is 82.0. The van der Waals surface area contributed by atoms with Gasteiger partial charge in [0, 0.05) is 0 Å². The van der Waals surface area contributed by atoms with E-state index in [1.54, 1.807) is 0 Å². The average Bonchev–Trinajstić information content (AvgIpc) is 1.96. The molecule has 0 saturated heterocycles. The molecule has 0 aromatic rings. The second kappa shape index (κ2) is 5.04. The largest absolute Gasteiger partial charge is 0.429 e. The molecule has 0 rings (SSSR count). The molecule has 0 aliphatic carbocycles. The fourth-order valence-electron chi connectivity index (χ4n) is 0.448. The molecule has 0 heterocycles. The van der Waals surface area contributed by atoms with Gasteiger partial charge in [-0.05, 0) is 11.6 Å². The third-order valence-electron chi connectivity index (χ3n) is 1.31. The summed E-state index contributed by atoms with van der Waals surface area (Å²) in [6.07, 6.45) is -6.07. The Kier molecular flexibility index (Phi) is 5.29. The fraction of sp³-hybridized carbons (Fsp3) is 1.00. The van der Waals surface area contributed by atoms with E-state index in [9.17, 15) is 30.7 Å². The first-order chi connectivity index (χ1) is 7.46. The van der Waals surface area contributed by atoms with Crippen LogP contribution in [0.25, 0.3) is 0 Å². The van der Waals surface area contributed by atoms with Gasteiger partial charge in [-0.1, -0.05) is 46.4 Å². The van der Waals surface area contributed by atoms with Gasteiger partial charge in [0.2, 0.25) is 0 Å². The highest BCUT2D eigenvalue weighted by molar-refractivity contribution is 6.51. The molecule has 1 unspecified atom stereocenters. The van der Waals surface area contributed by atoms with Crippen LogP contribution < -0.4 is 0 Å². The molecule has 0 aromatic heterocycles. The predicted octanol–water partition coefficient (Wildman–Crippen LogP) is 5.29. The lowest BCUT2D eigenvalue weighted by Crippen LogP contribution is -2.56. The fourth-order valence-corrected chi connectivity index (χ4v) is 0.842. The second-order valence-corrected chi connectivity index (χ2v) is 5.66. The van der Waals surface area contributed by atoms with Crippen LogP contribution in [-0.4, -0.2) is 26.5 Å². The maximum Gasteiger partial charge on any atom is 0.429 e. The van der Waals surface area contributed by atoms with Crippen molar-refractivity contribution < 1.29 is 35.5 Å². The van der Waals surface area contributed by atoms with Gasteiger partial charge in [-0.15, -0.1) is 0 Å². The van der Waals surface area contributed by atoms with E-state index >= 15 is 0 Å². The van der Waals surface area contributed by atoms with Crippen molar-refractivity contribution in [1.82, 2.24) is 0 Å². The lowest BCUT2D eigenvalue weighted by molar-refractivity contribution is -0.399. The Morgan fingerprint density at radius 2 is 0.944 bits per heavy atom. The number of rotatable bonds is 5. The zero-order valence-corrected chi connectivity index (χ0v) is 11.2. The summed E-state index contributed by atoms with van der Waals surface area (Å²) in [4.78, 5) is 0. The third-order valence-corrected chi connectivity index (χ3v) is 2.80. The van der Waals surface area contributed by atoms with Gasteiger partial charge in [-0.25, -0.2) is 4.39 Å². The summed E-state index contributed by atoms with van der Waals surface area (Å²) in [6.45, 7) is 0. The first kappa shape index (κ1) is 18.9. The molecule has 1 nitrogen and oxygen atoms in total. The van der Waals surface area contributed by atoms with E-state index in [1.165, 1.54) is 0 Å². The van der Waals surface area contributed by atoms with Gasteiger partial charge in [0.15, 0.2) is 0 Å². The molecule has 0 spiro atoms. The second-order valence-electron chi connectivity index (χ2n) is 2.71. The Balaban J connectivity index is 5.33. The normalized spacial score (nSPS) is 18.7. The van der Waals surface area contributed by atoms with Crippen LogP contribution in [0.15, 0.2) is 0 Å². The van der Waals surface area contributed by atoms with Crippen LogP contribution in [0.1, 0.15) is 0 Å². The van der Waals surface area contributed by atoms with Gasteiger partial charge < -0.3 is 0 Å². The Morgan fingerprint density at radius 1 is 0.611 bits per heavy atom. The molecule has 0 bridgehead atoms. The van der Waals surface area contributed by atoms with Crippen molar-refractivity contribution in [1.29, 1.82) is 0 Å². The molecule has 0 aliphatic heterocycles. The summed E-state index contributed by atoms with van der Waals surface area (Å²) in [5.74, 6) is -5.99. The molecular formula is C5Cl5F7O. The molecule has 0 amide bonds. The minimum Gasteiger partial charge on any atom is -0.259 e. The molecule has 0 aliphatic rings. The summed E-state index contributed by atoms with van der Waals surface area (Å²) in [5.41, 5.74) is 0. The van der Waals surface area contributed by atoms with E-state index in [4.69, 9.17) is 0 Å². The van der Waals surface area contributed by atoms with Crippen molar-refractivity contribution in [2.45, 2.75) is 26.5 Å². The zero-order chi connectivity index (χ0) is 15.2. The quantitative estimate of drug-likeness (QED) is 0.461. The van der Waals surface area contributed by atoms with Gasteiger partial charge >= 0.3 is 26.5 Å². The van der Waals surface area contributed by atoms with E-state index in [2.05, 4.69) is 62.7 Å². The molecule has 110 valence electrons. The van der Waals surface area contributed by atoms with Crippen molar-refractivity contribution in [3.63, 3.8) is 0 Å². The Hall–Kier alpha value is 0.920. The first-order valence-corrected chi connectivity index (χ1v) is 5.32. The van der Waals surface area contributed by atoms with E-state index in [0.29, 0.717) is 0 Å². The van der Waals surface area contributed by atoms with Crippen molar-refractivity contribution in [2.75, 3.05) is 0 Å². The number of alkyl halides is 12. The van der Waals surface area contributed by atoms with E-state index in [0.717, 1.165) is 0 Å². The predicted molar refractivity (Wildman–Crippen MR) is 51.8 cm³/mol.